The standard InChI is InChI=1S/C7H11N.C5H6N2.C5H5N.5C2H6/c1-5-4-6(2)8-7(5)3;1-5-6-3-2-4-7-5;1-2-4-6-5-3-1;5*1-2/h4H2,1-3H3;2-4H,1H3;1-5H;5*1-2H3. The van der Waals surface area contributed by atoms with Gasteiger partial charge in [0.15, 0.2) is 0 Å². The van der Waals surface area contributed by atoms with Crippen LogP contribution in [0.15, 0.2) is 65.3 Å². The van der Waals surface area contributed by atoms with Gasteiger partial charge in [0.1, 0.15) is 5.82 Å². The lowest BCUT2D eigenvalue weighted by atomic mass is 10.2. The van der Waals surface area contributed by atoms with Crippen LogP contribution >= 0.6 is 0 Å². The maximum Gasteiger partial charge on any atom is 0.125 e. The van der Waals surface area contributed by atoms with Crippen LogP contribution in [0.4, 0.5) is 0 Å². The summed E-state index contributed by atoms with van der Waals surface area (Å²) in [6.07, 6.45) is 8.04. The largest absolute Gasteiger partial charge is 0.265 e. The van der Waals surface area contributed by atoms with Gasteiger partial charge in [0.05, 0.1) is 0 Å². The third kappa shape index (κ3) is 32.5. The second-order valence-electron chi connectivity index (χ2n) is 4.71. The molecule has 0 atom stereocenters. The topological polar surface area (TPSA) is 51.0 Å². The van der Waals surface area contributed by atoms with Crippen LogP contribution in [0.2, 0.25) is 0 Å². The summed E-state index contributed by atoms with van der Waals surface area (Å²) in [6, 6.07) is 7.51. The predicted molar refractivity (Wildman–Crippen MR) is 144 cm³/mol. The molecule has 31 heavy (non-hydrogen) atoms. The molecule has 3 heterocycles. The van der Waals surface area contributed by atoms with Gasteiger partial charge in [0.25, 0.3) is 0 Å². The highest BCUT2D eigenvalue weighted by Gasteiger charge is 2.04. The van der Waals surface area contributed by atoms with Crippen molar-refractivity contribution in [3.63, 3.8) is 0 Å². The fraction of sp³-hybridized carbons (Fsp3) is 0.556. The Morgan fingerprint density at radius 2 is 0.968 bits per heavy atom. The van der Waals surface area contributed by atoms with Crippen molar-refractivity contribution in [2.75, 3.05) is 0 Å². The molecule has 0 saturated carbocycles. The molecule has 0 fully saturated rings. The first-order valence-corrected chi connectivity index (χ1v) is 11.9. The smallest absolute Gasteiger partial charge is 0.125 e. The summed E-state index contributed by atoms with van der Waals surface area (Å²) in [6.45, 7) is 28.1. The fourth-order valence-electron chi connectivity index (χ4n) is 1.62. The molecular formula is C27H52N4. The molecular weight excluding hydrogens is 380 g/mol. The van der Waals surface area contributed by atoms with Crippen molar-refractivity contribution in [1.29, 1.82) is 0 Å². The SMILES string of the molecule is CC.CC.CC.CC.CC.CC1=NC(C)=C(C)C1.Cc1ncccn1.c1ccncc1. The third-order valence-electron chi connectivity index (χ3n) is 2.76. The molecule has 0 aromatic carbocycles. The van der Waals surface area contributed by atoms with Crippen LogP contribution in [-0.2, 0) is 0 Å². The molecule has 3 rings (SSSR count). The zero-order valence-electron chi connectivity index (χ0n) is 23.1. The minimum atomic E-state index is 0.822. The highest BCUT2D eigenvalue weighted by molar-refractivity contribution is 5.87. The summed E-state index contributed by atoms with van der Waals surface area (Å²) in [4.78, 5) is 15.8. The Morgan fingerprint density at radius 1 is 0.548 bits per heavy atom. The van der Waals surface area contributed by atoms with Crippen molar-refractivity contribution in [2.24, 2.45) is 4.99 Å². The Kier molecular flexibility index (Phi) is 48.3. The third-order valence-corrected chi connectivity index (χ3v) is 2.76. The lowest BCUT2D eigenvalue weighted by Gasteiger charge is -1.86. The van der Waals surface area contributed by atoms with E-state index in [2.05, 4.69) is 40.7 Å². The van der Waals surface area contributed by atoms with E-state index in [0.717, 1.165) is 12.2 Å². The summed E-state index contributed by atoms with van der Waals surface area (Å²) >= 11 is 0. The molecule has 2 aromatic rings. The highest BCUT2D eigenvalue weighted by atomic mass is 14.8. The normalized spacial score (nSPS) is 9.55. The molecule has 0 N–H and O–H groups in total. The minimum Gasteiger partial charge on any atom is -0.265 e. The van der Waals surface area contributed by atoms with E-state index in [1.54, 1.807) is 30.9 Å². The van der Waals surface area contributed by atoms with Crippen LogP contribution < -0.4 is 0 Å². The molecule has 0 aliphatic carbocycles. The van der Waals surface area contributed by atoms with Gasteiger partial charge in [-0.15, -0.1) is 0 Å². The number of allylic oxidation sites excluding steroid dienone is 2. The van der Waals surface area contributed by atoms with E-state index in [-0.39, 0.29) is 0 Å². The van der Waals surface area contributed by atoms with E-state index in [1.807, 2.05) is 94.4 Å². The first-order valence-electron chi connectivity index (χ1n) is 11.9. The summed E-state index contributed by atoms with van der Waals surface area (Å²) < 4.78 is 0. The highest BCUT2D eigenvalue weighted by Crippen LogP contribution is 2.17. The predicted octanol–water partition coefficient (Wildman–Crippen LogP) is 9.14. The number of aromatic nitrogens is 3. The van der Waals surface area contributed by atoms with Crippen LogP contribution in [-0.4, -0.2) is 20.7 Å². The molecule has 2 aromatic heterocycles. The lowest BCUT2D eigenvalue weighted by Crippen LogP contribution is -1.82. The second-order valence-corrected chi connectivity index (χ2v) is 4.71. The molecule has 0 unspecified atom stereocenters. The van der Waals surface area contributed by atoms with E-state index < -0.39 is 0 Å². The maximum atomic E-state index is 4.27. The average Bonchev–Trinajstić information content (AvgIpc) is 3.17. The molecule has 4 nitrogen and oxygen atoms in total. The van der Waals surface area contributed by atoms with Gasteiger partial charge in [-0.05, 0) is 51.5 Å². The number of aliphatic imine (C=N–C) groups is 1. The quantitative estimate of drug-likeness (QED) is 0.417. The number of nitrogens with zero attached hydrogens (tertiary/aromatic N) is 4. The number of rotatable bonds is 0. The van der Waals surface area contributed by atoms with Gasteiger partial charge in [-0.2, -0.15) is 0 Å². The zero-order valence-corrected chi connectivity index (χ0v) is 23.1. The Bertz CT molecular complexity index is 550. The molecule has 180 valence electrons. The van der Waals surface area contributed by atoms with E-state index in [4.69, 9.17) is 0 Å². The van der Waals surface area contributed by atoms with E-state index in [1.165, 1.54) is 17.0 Å². The van der Waals surface area contributed by atoms with Crippen molar-refractivity contribution >= 4 is 5.71 Å². The Balaban J connectivity index is -0.0000000912. The Hall–Kier alpha value is -2.36. The zero-order chi connectivity index (χ0) is 25.5. The summed E-state index contributed by atoms with van der Waals surface area (Å²) in [5.41, 5.74) is 3.88. The van der Waals surface area contributed by atoms with Gasteiger partial charge >= 0.3 is 0 Å². The maximum absolute atomic E-state index is 4.27. The van der Waals surface area contributed by atoms with Gasteiger partial charge in [0, 0.05) is 42.6 Å². The van der Waals surface area contributed by atoms with Gasteiger partial charge < -0.3 is 0 Å². The van der Waals surface area contributed by atoms with Crippen LogP contribution in [0, 0.1) is 6.92 Å². The molecule has 4 heteroatoms. The Labute approximate surface area is 195 Å². The minimum absolute atomic E-state index is 0.822. The van der Waals surface area contributed by atoms with Gasteiger partial charge in [-0.1, -0.05) is 75.3 Å². The second kappa shape index (κ2) is 38.3. The summed E-state index contributed by atoms with van der Waals surface area (Å²) in [5, 5.41) is 0. The van der Waals surface area contributed by atoms with Crippen LogP contribution in [0.25, 0.3) is 0 Å². The molecule has 1 aliphatic rings. The van der Waals surface area contributed by atoms with Gasteiger partial charge in [0.2, 0.25) is 0 Å². The van der Waals surface area contributed by atoms with E-state index >= 15 is 0 Å². The number of aryl methyl sites for hydroxylation is 1. The van der Waals surface area contributed by atoms with Crippen LogP contribution in [0.5, 0.6) is 0 Å². The van der Waals surface area contributed by atoms with E-state index in [0.29, 0.717) is 0 Å². The molecule has 0 bridgehead atoms. The summed E-state index contributed by atoms with van der Waals surface area (Å²) in [5.74, 6) is 0.822. The molecule has 0 saturated heterocycles. The first-order chi connectivity index (χ1) is 15.1. The van der Waals surface area contributed by atoms with Crippen molar-refractivity contribution < 1.29 is 0 Å². The lowest BCUT2D eigenvalue weighted by molar-refractivity contribution is 1.05. The summed E-state index contributed by atoms with van der Waals surface area (Å²) in [7, 11) is 0. The van der Waals surface area contributed by atoms with Gasteiger partial charge in [-0.3, -0.25) is 9.98 Å². The first kappa shape index (κ1) is 39.2. The van der Waals surface area contributed by atoms with Crippen LogP contribution in [0.3, 0.4) is 0 Å². The molecule has 0 radical (unpaired) electrons. The molecule has 0 amide bonds. The fourth-order valence-corrected chi connectivity index (χ4v) is 1.62. The van der Waals surface area contributed by atoms with Crippen molar-refractivity contribution in [3.8, 4) is 0 Å². The van der Waals surface area contributed by atoms with Crippen molar-refractivity contribution in [2.45, 2.75) is 103 Å². The Morgan fingerprint density at radius 3 is 1.10 bits per heavy atom. The van der Waals surface area contributed by atoms with Crippen molar-refractivity contribution in [3.05, 3.63) is 66.1 Å². The van der Waals surface area contributed by atoms with Crippen LogP contribution in [0.1, 0.15) is 102 Å². The monoisotopic (exact) mass is 432 g/mol. The average molecular weight is 433 g/mol. The number of hydrogen-bond acceptors (Lipinski definition) is 4. The molecule has 0 spiro atoms. The van der Waals surface area contributed by atoms with E-state index in [9.17, 15) is 0 Å². The number of pyridine rings is 1. The molecule has 1 aliphatic heterocycles. The van der Waals surface area contributed by atoms with Crippen molar-refractivity contribution in [1.82, 2.24) is 15.0 Å². The number of hydrogen-bond donors (Lipinski definition) is 0. The van der Waals surface area contributed by atoms with Gasteiger partial charge in [-0.25, -0.2) is 9.97 Å².